The number of thioether (sulfide) groups is 1. The van der Waals surface area contributed by atoms with Crippen LogP contribution < -0.4 is 10.9 Å². The van der Waals surface area contributed by atoms with Gasteiger partial charge < -0.3 is 14.8 Å². The van der Waals surface area contributed by atoms with E-state index in [1.54, 1.807) is 17.7 Å². The molecule has 2 aromatic rings. The Morgan fingerprint density at radius 1 is 1.15 bits per heavy atom. The van der Waals surface area contributed by atoms with E-state index in [1.807, 2.05) is 24.3 Å². The van der Waals surface area contributed by atoms with E-state index < -0.39 is 0 Å². The number of benzene rings is 1. The van der Waals surface area contributed by atoms with Crippen LogP contribution in [0.15, 0.2) is 40.0 Å². The summed E-state index contributed by atoms with van der Waals surface area (Å²) >= 11 is 1.43. The number of hydrogen-bond acceptors (Lipinski definition) is 4. The van der Waals surface area contributed by atoms with E-state index in [-0.39, 0.29) is 11.5 Å². The zero-order valence-electron chi connectivity index (χ0n) is 16.7. The zero-order valence-corrected chi connectivity index (χ0v) is 17.5. The number of aryl methyl sites for hydroxylation is 1. The fraction of sp³-hybridized carbons (Fsp3) is 0.524. The van der Waals surface area contributed by atoms with Crippen LogP contribution in [-0.4, -0.2) is 47.3 Å². The van der Waals surface area contributed by atoms with Crippen LogP contribution >= 0.6 is 11.8 Å². The van der Waals surface area contributed by atoms with Gasteiger partial charge in [0.2, 0.25) is 5.91 Å². The largest absolute Gasteiger partial charge is 0.355 e. The van der Waals surface area contributed by atoms with Crippen LogP contribution in [-0.2, 0) is 11.8 Å². The first-order valence-corrected chi connectivity index (χ1v) is 10.8. The molecule has 0 fully saturated rings. The molecule has 0 aliphatic carbocycles. The highest BCUT2D eigenvalue weighted by Gasteiger charge is 2.09. The number of hydrogen-bond donors (Lipinski definition) is 1. The topological polar surface area (TPSA) is 54.3 Å². The van der Waals surface area contributed by atoms with Crippen molar-refractivity contribution in [1.82, 2.24) is 14.8 Å². The fourth-order valence-corrected chi connectivity index (χ4v) is 4.09. The molecule has 5 nitrogen and oxygen atoms in total. The Morgan fingerprint density at radius 3 is 2.56 bits per heavy atom. The van der Waals surface area contributed by atoms with Gasteiger partial charge in [-0.05, 0) is 45.0 Å². The second-order valence-electron chi connectivity index (χ2n) is 6.76. The minimum atomic E-state index is -0.0523. The van der Waals surface area contributed by atoms with Crippen molar-refractivity contribution in [3.05, 3.63) is 40.7 Å². The molecule has 1 heterocycles. The van der Waals surface area contributed by atoms with E-state index in [2.05, 4.69) is 24.1 Å². The number of amides is 1. The molecule has 0 saturated carbocycles. The Hall–Kier alpha value is -1.79. The number of nitrogens with zero attached hydrogens (tertiary/aromatic N) is 2. The number of aromatic nitrogens is 1. The molecule has 0 aliphatic heterocycles. The van der Waals surface area contributed by atoms with Gasteiger partial charge in [0.1, 0.15) is 0 Å². The van der Waals surface area contributed by atoms with Crippen molar-refractivity contribution in [2.45, 2.75) is 38.0 Å². The molecule has 0 unspecified atom stereocenters. The number of para-hydroxylation sites is 1. The highest BCUT2D eigenvalue weighted by atomic mass is 32.2. The first-order valence-electron chi connectivity index (χ1n) is 9.77. The SMILES string of the molecule is CCCN(CCC)CCCNC(=O)CSc1cc(=O)n(C)c2ccccc12. The van der Waals surface area contributed by atoms with Crippen LogP contribution in [0.2, 0.25) is 0 Å². The first kappa shape index (κ1) is 21.5. The molecule has 0 saturated heterocycles. The second kappa shape index (κ2) is 11.1. The van der Waals surface area contributed by atoms with Gasteiger partial charge in [-0.15, -0.1) is 11.8 Å². The fourth-order valence-electron chi connectivity index (χ4n) is 3.19. The monoisotopic (exact) mass is 389 g/mol. The Morgan fingerprint density at radius 2 is 1.85 bits per heavy atom. The van der Waals surface area contributed by atoms with Crippen molar-refractivity contribution in [3.8, 4) is 0 Å². The average Bonchev–Trinajstić information content (AvgIpc) is 2.67. The number of carbonyl (C=O) groups is 1. The van der Waals surface area contributed by atoms with E-state index in [4.69, 9.17) is 0 Å². The Bertz CT molecular complexity index is 798. The predicted octanol–water partition coefficient (Wildman–Crippen LogP) is 3.26. The third kappa shape index (κ3) is 6.40. The van der Waals surface area contributed by atoms with Gasteiger partial charge in [-0.3, -0.25) is 9.59 Å². The minimum Gasteiger partial charge on any atom is -0.355 e. The van der Waals surface area contributed by atoms with Gasteiger partial charge in [-0.25, -0.2) is 0 Å². The molecule has 0 radical (unpaired) electrons. The van der Waals surface area contributed by atoms with Crippen LogP contribution in [0, 0.1) is 0 Å². The maximum Gasteiger partial charge on any atom is 0.251 e. The van der Waals surface area contributed by atoms with Crippen molar-refractivity contribution in [1.29, 1.82) is 0 Å². The summed E-state index contributed by atoms with van der Waals surface area (Å²) in [6, 6.07) is 9.41. The average molecular weight is 390 g/mol. The number of nitrogens with one attached hydrogen (secondary N) is 1. The number of fused-ring (bicyclic) bond motifs is 1. The van der Waals surface area contributed by atoms with E-state index in [9.17, 15) is 9.59 Å². The lowest BCUT2D eigenvalue weighted by atomic mass is 10.2. The van der Waals surface area contributed by atoms with Crippen LogP contribution in [0.5, 0.6) is 0 Å². The summed E-state index contributed by atoms with van der Waals surface area (Å²) in [5.74, 6) is 0.340. The molecule has 1 amide bonds. The van der Waals surface area contributed by atoms with Crippen molar-refractivity contribution in [2.24, 2.45) is 7.05 Å². The minimum absolute atomic E-state index is 0.0160. The maximum atomic E-state index is 12.2. The van der Waals surface area contributed by atoms with Gasteiger partial charge in [-0.1, -0.05) is 32.0 Å². The van der Waals surface area contributed by atoms with Crippen LogP contribution in [0.4, 0.5) is 0 Å². The summed E-state index contributed by atoms with van der Waals surface area (Å²) in [7, 11) is 1.77. The summed E-state index contributed by atoms with van der Waals surface area (Å²) in [4.78, 5) is 27.6. The predicted molar refractivity (Wildman–Crippen MR) is 115 cm³/mol. The van der Waals surface area contributed by atoms with Crippen LogP contribution in [0.1, 0.15) is 33.1 Å². The summed E-state index contributed by atoms with van der Waals surface area (Å²) in [5, 5.41) is 4.00. The zero-order chi connectivity index (χ0) is 19.6. The lowest BCUT2D eigenvalue weighted by molar-refractivity contribution is -0.118. The third-order valence-corrected chi connectivity index (χ3v) is 5.58. The van der Waals surface area contributed by atoms with Crippen molar-refractivity contribution >= 4 is 28.6 Å². The third-order valence-electron chi connectivity index (χ3n) is 4.53. The normalized spacial score (nSPS) is 11.3. The van der Waals surface area contributed by atoms with Gasteiger partial charge in [-0.2, -0.15) is 0 Å². The standard InChI is InChI=1S/C21H31N3O2S/c1-4-12-24(13-5-2)14-8-11-22-20(25)16-27-19-15-21(26)23(3)18-10-7-6-9-17(18)19/h6-7,9-10,15H,4-5,8,11-14,16H2,1-3H3,(H,22,25). The van der Waals surface area contributed by atoms with Gasteiger partial charge in [0.15, 0.2) is 0 Å². The quantitative estimate of drug-likeness (QED) is 0.473. The summed E-state index contributed by atoms with van der Waals surface area (Å²) in [6.07, 6.45) is 3.28. The van der Waals surface area contributed by atoms with Gasteiger partial charge in [0, 0.05) is 29.9 Å². The molecule has 1 aromatic carbocycles. The Labute approximate surface area is 166 Å². The van der Waals surface area contributed by atoms with Crippen molar-refractivity contribution in [2.75, 3.05) is 31.9 Å². The smallest absolute Gasteiger partial charge is 0.251 e. The summed E-state index contributed by atoms with van der Waals surface area (Å²) in [5.41, 5.74) is 0.836. The van der Waals surface area contributed by atoms with E-state index >= 15 is 0 Å². The molecule has 6 heteroatoms. The molecule has 0 aliphatic rings. The number of pyridine rings is 1. The highest BCUT2D eigenvalue weighted by molar-refractivity contribution is 8.00. The summed E-state index contributed by atoms with van der Waals surface area (Å²) in [6.45, 7) is 8.35. The Kier molecular flexibility index (Phi) is 8.88. The number of rotatable bonds is 11. The van der Waals surface area contributed by atoms with Gasteiger partial charge >= 0.3 is 0 Å². The molecule has 2 rings (SSSR count). The molecule has 0 spiro atoms. The molecular weight excluding hydrogens is 358 g/mol. The van der Waals surface area contributed by atoms with Crippen molar-refractivity contribution < 1.29 is 4.79 Å². The van der Waals surface area contributed by atoms with E-state index in [0.717, 1.165) is 54.7 Å². The second-order valence-corrected chi connectivity index (χ2v) is 7.77. The molecular formula is C21H31N3O2S. The summed E-state index contributed by atoms with van der Waals surface area (Å²) < 4.78 is 1.64. The van der Waals surface area contributed by atoms with Gasteiger partial charge in [0.25, 0.3) is 5.56 Å². The van der Waals surface area contributed by atoms with Crippen molar-refractivity contribution in [3.63, 3.8) is 0 Å². The first-order chi connectivity index (χ1) is 13.1. The van der Waals surface area contributed by atoms with Crippen LogP contribution in [0.25, 0.3) is 10.9 Å². The Balaban J connectivity index is 1.83. The highest BCUT2D eigenvalue weighted by Crippen LogP contribution is 2.25. The molecule has 0 atom stereocenters. The molecule has 148 valence electrons. The van der Waals surface area contributed by atoms with E-state index in [0.29, 0.717) is 12.3 Å². The lowest BCUT2D eigenvalue weighted by Gasteiger charge is -2.20. The van der Waals surface area contributed by atoms with Crippen LogP contribution in [0.3, 0.4) is 0 Å². The molecule has 1 aromatic heterocycles. The molecule has 27 heavy (non-hydrogen) atoms. The molecule has 1 N–H and O–H groups in total. The lowest BCUT2D eigenvalue weighted by Crippen LogP contribution is -2.31. The van der Waals surface area contributed by atoms with E-state index in [1.165, 1.54) is 11.8 Å². The maximum absolute atomic E-state index is 12.2. The number of carbonyl (C=O) groups excluding carboxylic acids is 1. The van der Waals surface area contributed by atoms with Gasteiger partial charge in [0.05, 0.1) is 11.3 Å². The molecule has 0 bridgehead atoms.